The number of piperidine rings is 1. The molecule has 2 aliphatic heterocycles. The van der Waals surface area contributed by atoms with E-state index in [0.717, 1.165) is 77.2 Å². The van der Waals surface area contributed by atoms with E-state index in [-0.39, 0.29) is 30.7 Å². The number of rotatable bonds is 4. The highest BCUT2D eigenvalue weighted by molar-refractivity contribution is 5.86. The lowest BCUT2D eigenvalue weighted by molar-refractivity contribution is -0.138. The van der Waals surface area contributed by atoms with Crippen molar-refractivity contribution in [2.24, 2.45) is 11.7 Å². The minimum Gasteiger partial charge on any atom is -0.373 e. The minimum atomic E-state index is -0.549. The lowest BCUT2D eigenvalue weighted by atomic mass is 9.90. The van der Waals surface area contributed by atoms with Crippen molar-refractivity contribution in [2.75, 3.05) is 32.7 Å². The van der Waals surface area contributed by atoms with Crippen molar-refractivity contribution < 1.29 is 9.53 Å². The monoisotopic (exact) mass is 409 g/mol. The lowest BCUT2D eigenvalue weighted by Gasteiger charge is -2.38. The summed E-state index contributed by atoms with van der Waals surface area (Å²) >= 11 is 0. The number of halogens is 2. The fourth-order valence-corrected chi connectivity index (χ4v) is 4.79. The number of hydrogen-bond acceptors (Lipinski definition) is 4. The molecular formula is C19H37Cl2N3O2. The Morgan fingerprint density at radius 1 is 1.08 bits per heavy atom. The molecule has 2 unspecified atom stereocenters. The topological polar surface area (TPSA) is 58.8 Å². The Balaban J connectivity index is 0.00000169. The standard InChI is InChI=1S/C19H35N3O2.2ClH/c1-15-13-21(14-16(2)24-15)10-5-17-6-11-22(12-7-17)18(23)19(20)8-3-4-9-19;;/h15-17H,3-14,20H2,1-2H3;2*1H. The first-order valence-corrected chi connectivity index (χ1v) is 9.92. The van der Waals surface area contributed by atoms with E-state index in [1.807, 2.05) is 4.90 Å². The van der Waals surface area contributed by atoms with Crippen molar-refractivity contribution in [3.8, 4) is 0 Å². The van der Waals surface area contributed by atoms with Gasteiger partial charge >= 0.3 is 0 Å². The van der Waals surface area contributed by atoms with Gasteiger partial charge < -0.3 is 15.4 Å². The molecule has 1 saturated carbocycles. The summed E-state index contributed by atoms with van der Waals surface area (Å²) in [5, 5.41) is 0. The summed E-state index contributed by atoms with van der Waals surface area (Å²) in [4.78, 5) is 17.3. The molecule has 5 nitrogen and oxygen atoms in total. The van der Waals surface area contributed by atoms with Crippen molar-refractivity contribution in [3.05, 3.63) is 0 Å². The van der Waals surface area contributed by atoms with Crippen LogP contribution in [-0.2, 0) is 9.53 Å². The van der Waals surface area contributed by atoms with Gasteiger partial charge in [0.1, 0.15) is 0 Å². The molecule has 0 bridgehead atoms. The third kappa shape index (κ3) is 5.96. The largest absolute Gasteiger partial charge is 0.373 e. The van der Waals surface area contributed by atoms with Gasteiger partial charge in [-0.15, -0.1) is 24.8 Å². The van der Waals surface area contributed by atoms with Gasteiger partial charge in [-0.25, -0.2) is 0 Å². The first-order chi connectivity index (χ1) is 11.5. The summed E-state index contributed by atoms with van der Waals surface area (Å²) in [7, 11) is 0. The fourth-order valence-electron chi connectivity index (χ4n) is 4.79. The summed E-state index contributed by atoms with van der Waals surface area (Å²) in [6, 6.07) is 0. The van der Waals surface area contributed by atoms with Crippen LogP contribution in [0.15, 0.2) is 0 Å². The van der Waals surface area contributed by atoms with Crippen molar-refractivity contribution in [1.29, 1.82) is 0 Å². The average molecular weight is 410 g/mol. The van der Waals surface area contributed by atoms with Crippen LogP contribution in [-0.4, -0.2) is 66.2 Å². The maximum absolute atomic E-state index is 12.7. The van der Waals surface area contributed by atoms with E-state index < -0.39 is 5.54 Å². The lowest BCUT2D eigenvalue weighted by Crippen LogP contribution is -2.55. The smallest absolute Gasteiger partial charge is 0.242 e. The van der Waals surface area contributed by atoms with Gasteiger partial charge in [-0.2, -0.15) is 0 Å². The molecule has 26 heavy (non-hydrogen) atoms. The number of amides is 1. The molecule has 2 saturated heterocycles. The quantitative estimate of drug-likeness (QED) is 0.775. The summed E-state index contributed by atoms with van der Waals surface area (Å²) in [6.45, 7) is 9.40. The van der Waals surface area contributed by atoms with Crippen LogP contribution in [0.3, 0.4) is 0 Å². The predicted molar refractivity (Wildman–Crippen MR) is 110 cm³/mol. The Labute approximate surface area is 171 Å². The molecule has 2 atom stereocenters. The van der Waals surface area contributed by atoms with E-state index >= 15 is 0 Å². The van der Waals surface area contributed by atoms with E-state index in [2.05, 4.69) is 18.7 Å². The molecule has 0 aromatic heterocycles. The SMILES string of the molecule is CC1CN(CCC2CCN(C(=O)C3(N)CCCC3)CC2)CC(C)O1.Cl.Cl. The molecular weight excluding hydrogens is 373 g/mol. The van der Waals surface area contributed by atoms with Crippen molar-refractivity contribution in [1.82, 2.24) is 9.80 Å². The van der Waals surface area contributed by atoms with Crippen molar-refractivity contribution in [2.45, 2.75) is 76.5 Å². The Morgan fingerprint density at radius 2 is 1.62 bits per heavy atom. The number of nitrogens with two attached hydrogens (primary N) is 1. The number of hydrogen-bond donors (Lipinski definition) is 1. The highest BCUT2D eigenvalue weighted by Crippen LogP contribution is 2.31. The Kier molecular flexibility index (Phi) is 9.65. The summed E-state index contributed by atoms with van der Waals surface area (Å²) in [5.41, 5.74) is 5.79. The third-order valence-electron chi connectivity index (χ3n) is 6.17. The Bertz CT molecular complexity index is 429. The zero-order valence-corrected chi connectivity index (χ0v) is 18.0. The van der Waals surface area contributed by atoms with Crippen LogP contribution in [0.5, 0.6) is 0 Å². The first kappa shape index (κ1) is 24.0. The second kappa shape index (κ2) is 10.5. The predicted octanol–water partition coefficient (Wildman–Crippen LogP) is 2.84. The molecule has 3 aliphatic rings. The third-order valence-corrected chi connectivity index (χ3v) is 6.17. The van der Waals surface area contributed by atoms with Gasteiger partial charge in [-0.05, 0) is 58.4 Å². The maximum atomic E-state index is 12.7. The van der Waals surface area contributed by atoms with Crippen molar-refractivity contribution >= 4 is 30.7 Å². The van der Waals surface area contributed by atoms with Gasteiger partial charge in [0.15, 0.2) is 0 Å². The minimum absolute atomic E-state index is 0. The van der Waals surface area contributed by atoms with Crippen LogP contribution in [0, 0.1) is 5.92 Å². The highest BCUT2D eigenvalue weighted by Gasteiger charge is 2.40. The number of carbonyl (C=O) groups is 1. The van der Waals surface area contributed by atoms with Gasteiger partial charge in [0.25, 0.3) is 0 Å². The molecule has 7 heteroatoms. The molecule has 3 rings (SSSR count). The van der Waals surface area contributed by atoms with Gasteiger partial charge in [0.05, 0.1) is 17.7 Å². The second-order valence-corrected chi connectivity index (χ2v) is 8.40. The molecule has 1 amide bonds. The maximum Gasteiger partial charge on any atom is 0.242 e. The van der Waals surface area contributed by atoms with E-state index in [1.165, 1.54) is 6.42 Å². The summed E-state index contributed by atoms with van der Waals surface area (Å²) < 4.78 is 5.81. The van der Waals surface area contributed by atoms with Crippen molar-refractivity contribution in [3.63, 3.8) is 0 Å². The van der Waals surface area contributed by atoms with Crippen LogP contribution in [0.2, 0.25) is 0 Å². The van der Waals surface area contributed by atoms with E-state index in [4.69, 9.17) is 10.5 Å². The molecule has 0 spiro atoms. The van der Waals surface area contributed by atoms with Gasteiger partial charge in [-0.3, -0.25) is 9.69 Å². The number of nitrogens with zero attached hydrogens (tertiary/aromatic N) is 2. The van der Waals surface area contributed by atoms with Crippen LogP contribution < -0.4 is 5.73 Å². The van der Waals surface area contributed by atoms with E-state index in [0.29, 0.717) is 12.2 Å². The molecule has 3 fully saturated rings. The molecule has 1 aliphatic carbocycles. The highest BCUT2D eigenvalue weighted by atomic mass is 35.5. The number of morpholine rings is 1. The molecule has 0 radical (unpaired) electrons. The normalized spacial score (nSPS) is 29.7. The van der Waals surface area contributed by atoms with Crippen LogP contribution >= 0.6 is 24.8 Å². The fraction of sp³-hybridized carbons (Fsp3) is 0.947. The molecule has 2 heterocycles. The Hall–Kier alpha value is -0.0700. The van der Waals surface area contributed by atoms with E-state index in [9.17, 15) is 4.79 Å². The number of carbonyl (C=O) groups excluding carboxylic acids is 1. The number of likely N-dealkylation sites (tertiary alicyclic amines) is 1. The first-order valence-electron chi connectivity index (χ1n) is 9.92. The summed E-state index contributed by atoms with van der Waals surface area (Å²) in [6.07, 6.45) is 8.17. The average Bonchev–Trinajstić information content (AvgIpc) is 3.00. The Morgan fingerprint density at radius 3 is 2.15 bits per heavy atom. The van der Waals surface area contributed by atoms with Crippen LogP contribution in [0.4, 0.5) is 0 Å². The molecule has 0 aromatic carbocycles. The number of ether oxygens (including phenoxy) is 1. The van der Waals surface area contributed by atoms with Gasteiger partial charge in [0, 0.05) is 26.2 Å². The molecule has 0 aromatic rings. The van der Waals surface area contributed by atoms with Gasteiger partial charge in [-0.1, -0.05) is 12.8 Å². The zero-order chi connectivity index (χ0) is 17.2. The zero-order valence-electron chi connectivity index (χ0n) is 16.3. The van der Waals surface area contributed by atoms with Crippen LogP contribution in [0.1, 0.15) is 58.8 Å². The van der Waals surface area contributed by atoms with Gasteiger partial charge in [0.2, 0.25) is 5.91 Å². The second-order valence-electron chi connectivity index (χ2n) is 8.40. The summed E-state index contributed by atoms with van der Waals surface area (Å²) in [5.74, 6) is 0.967. The molecule has 154 valence electrons. The molecule has 2 N–H and O–H groups in total. The van der Waals surface area contributed by atoms with Crippen LogP contribution in [0.25, 0.3) is 0 Å². The van der Waals surface area contributed by atoms with E-state index in [1.54, 1.807) is 0 Å².